The van der Waals surface area contributed by atoms with Crippen molar-refractivity contribution in [2.75, 3.05) is 7.05 Å². The lowest BCUT2D eigenvalue weighted by molar-refractivity contribution is 0.0754. The molecule has 0 fully saturated rings. The maximum absolute atomic E-state index is 12.5. The van der Waals surface area contributed by atoms with Crippen LogP contribution >= 0.6 is 0 Å². The minimum atomic E-state index is -0.309. The first-order valence-corrected chi connectivity index (χ1v) is 7.39. The summed E-state index contributed by atoms with van der Waals surface area (Å²) >= 11 is 0. The Morgan fingerprint density at radius 2 is 1.78 bits per heavy atom. The van der Waals surface area contributed by atoms with Gasteiger partial charge in [0.15, 0.2) is 11.2 Å². The highest BCUT2D eigenvalue weighted by molar-refractivity contribution is 5.93. The van der Waals surface area contributed by atoms with E-state index in [0.29, 0.717) is 17.5 Å². The van der Waals surface area contributed by atoms with Crippen LogP contribution in [0.1, 0.15) is 21.7 Å². The fraction of sp³-hybridized carbons (Fsp3) is 0.158. The smallest absolute Gasteiger partial charge is 0.289 e. The molecule has 3 aromatic rings. The molecule has 0 N–H and O–H groups in total. The summed E-state index contributed by atoms with van der Waals surface area (Å²) in [5.41, 5.74) is 2.39. The van der Waals surface area contributed by atoms with Crippen molar-refractivity contribution in [3.8, 4) is 0 Å². The first-order chi connectivity index (χ1) is 11.1. The van der Waals surface area contributed by atoms with E-state index in [1.54, 1.807) is 36.2 Å². The number of amides is 1. The van der Waals surface area contributed by atoms with Crippen molar-refractivity contribution in [1.82, 2.24) is 4.90 Å². The third kappa shape index (κ3) is 3.01. The van der Waals surface area contributed by atoms with Crippen LogP contribution in [0.25, 0.3) is 11.0 Å². The Morgan fingerprint density at radius 3 is 2.57 bits per heavy atom. The van der Waals surface area contributed by atoms with Gasteiger partial charge >= 0.3 is 0 Å². The van der Waals surface area contributed by atoms with Crippen LogP contribution in [0.15, 0.2) is 63.8 Å². The van der Waals surface area contributed by atoms with E-state index < -0.39 is 0 Å². The molecule has 0 atom stereocenters. The summed E-state index contributed by atoms with van der Waals surface area (Å²) in [6.45, 7) is 2.46. The fourth-order valence-corrected chi connectivity index (χ4v) is 2.51. The van der Waals surface area contributed by atoms with Gasteiger partial charge in [0.05, 0.1) is 5.39 Å². The number of nitrogens with zero attached hydrogens (tertiary/aromatic N) is 1. The number of benzene rings is 2. The van der Waals surface area contributed by atoms with Gasteiger partial charge < -0.3 is 9.32 Å². The van der Waals surface area contributed by atoms with Crippen molar-refractivity contribution in [3.05, 3.63) is 81.7 Å². The van der Waals surface area contributed by atoms with Gasteiger partial charge in [-0.3, -0.25) is 9.59 Å². The second kappa shape index (κ2) is 6.08. The summed E-state index contributed by atoms with van der Waals surface area (Å²) in [6, 6.07) is 16.1. The van der Waals surface area contributed by atoms with E-state index in [0.717, 1.165) is 11.1 Å². The van der Waals surface area contributed by atoms with Crippen molar-refractivity contribution in [3.63, 3.8) is 0 Å². The summed E-state index contributed by atoms with van der Waals surface area (Å²) in [5, 5.41) is 0.477. The summed E-state index contributed by atoms with van der Waals surface area (Å²) in [5.74, 6) is -0.249. The first-order valence-electron chi connectivity index (χ1n) is 7.39. The summed E-state index contributed by atoms with van der Waals surface area (Å²) in [4.78, 5) is 26.2. The lowest BCUT2D eigenvalue weighted by Crippen LogP contribution is -2.27. The highest BCUT2D eigenvalue weighted by Gasteiger charge is 2.17. The van der Waals surface area contributed by atoms with Crippen LogP contribution < -0.4 is 5.43 Å². The molecule has 0 aliphatic rings. The average Bonchev–Trinajstić information content (AvgIpc) is 2.56. The van der Waals surface area contributed by atoms with E-state index >= 15 is 0 Å². The second-order valence-corrected chi connectivity index (χ2v) is 5.56. The van der Waals surface area contributed by atoms with Gasteiger partial charge in [0.2, 0.25) is 0 Å². The first kappa shape index (κ1) is 15.0. The Labute approximate surface area is 134 Å². The van der Waals surface area contributed by atoms with E-state index in [1.807, 2.05) is 31.2 Å². The molecule has 4 nitrogen and oxygen atoms in total. The molecule has 0 unspecified atom stereocenters. The zero-order valence-corrected chi connectivity index (χ0v) is 13.1. The molecular weight excluding hydrogens is 290 g/mol. The summed E-state index contributed by atoms with van der Waals surface area (Å²) < 4.78 is 5.60. The van der Waals surface area contributed by atoms with Gasteiger partial charge in [0.25, 0.3) is 5.91 Å². The van der Waals surface area contributed by atoms with Gasteiger partial charge in [-0.05, 0) is 30.2 Å². The molecule has 0 saturated carbocycles. The van der Waals surface area contributed by atoms with Crippen molar-refractivity contribution in [2.24, 2.45) is 0 Å². The Balaban J connectivity index is 1.91. The minimum absolute atomic E-state index is 0.0600. The molecule has 4 heteroatoms. The molecule has 0 bridgehead atoms. The van der Waals surface area contributed by atoms with Gasteiger partial charge in [0, 0.05) is 19.7 Å². The number of aryl methyl sites for hydroxylation is 1. The predicted octanol–water partition coefficient (Wildman–Crippen LogP) is 3.37. The molecule has 0 aliphatic heterocycles. The van der Waals surface area contributed by atoms with Crippen LogP contribution in [0, 0.1) is 6.92 Å². The highest BCUT2D eigenvalue weighted by atomic mass is 16.3. The van der Waals surface area contributed by atoms with Crippen LogP contribution in [0.4, 0.5) is 0 Å². The van der Waals surface area contributed by atoms with Gasteiger partial charge in [0.1, 0.15) is 5.58 Å². The van der Waals surface area contributed by atoms with E-state index in [1.165, 1.54) is 6.07 Å². The third-order valence-electron chi connectivity index (χ3n) is 3.86. The molecule has 0 saturated heterocycles. The van der Waals surface area contributed by atoms with E-state index in [9.17, 15) is 9.59 Å². The van der Waals surface area contributed by atoms with Crippen LogP contribution in [-0.4, -0.2) is 17.9 Å². The largest absolute Gasteiger partial charge is 0.451 e. The fourth-order valence-electron chi connectivity index (χ4n) is 2.51. The topological polar surface area (TPSA) is 50.5 Å². The number of carbonyl (C=O) groups excluding carboxylic acids is 1. The third-order valence-corrected chi connectivity index (χ3v) is 3.86. The van der Waals surface area contributed by atoms with Gasteiger partial charge in [-0.2, -0.15) is 0 Å². The van der Waals surface area contributed by atoms with Crippen LogP contribution in [0.5, 0.6) is 0 Å². The van der Waals surface area contributed by atoms with Gasteiger partial charge in [-0.1, -0.05) is 36.4 Å². The van der Waals surface area contributed by atoms with E-state index in [4.69, 9.17) is 4.42 Å². The summed E-state index contributed by atoms with van der Waals surface area (Å²) in [7, 11) is 1.70. The Morgan fingerprint density at radius 1 is 1.09 bits per heavy atom. The van der Waals surface area contributed by atoms with Crippen molar-refractivity contribution in [1.29, 1.82) is 0 Å². The molecule has 1 heterocycles. The summed E-state index contributed by atoms with van der Waals surface area (Å²) in [6.07, 6.45) is 0. The van der Waals surface area contributed by atoms with Crippen molar-refractivity contribution >= 4 is 16.9 Å². The normalized spacial score (nSPS) is 10.7. The lowest BCUT2D eigenvalue weighted by atomic mass is 10.1. The maximum Gasteiger partial charge on any atom is 0.289 e. The molecule has 23 heavy (non-hydrogen) atoms. The number of carbonyl (C=O) groups is 1. The average molecular weight is 307 g/mol. The molecule has 116 valence electrons. The quantitative estimate of drug-likeness (QED) is 0.745. The van der Waals surface area contributed by atoms with Crippen molar-refractivity contribution < 1.29 is 9.21 Å². The zero-order chi connectivity index (χ0) is 16.4. The van der Waals surface area contributed by atoms with E-state index in [-0.39, 0.29) is 17.1 Å². The second-order valence-electron chi connectivity index (χ2n) is 5.56. The molecule has 3 rings (SSSR count). The molecule has 1 aromatic heterocycles. The lowest BCUT2D eigenvalue weighted by Gasteiger charge is -2.18. The van der Waals surface area contributed by atoms with Crippen LogP contribution in [0.3, 0.4) is 0 Å². The van der Waals surface area contributed by atoms with Gasteiger partial charge in [-0.25, -0.2) is 0 Å². The molecule has 0 radical (unpaired) electrons. The number of hydrogen-bond acceptors (Lipinski definition) is 3. The molecule has 2 aromatic carbocycles. The molecule has 1 amide bonds. The number of rotatable bonds is 3. The predicted molar refractivity (Wildman–Crippen MR) is 89.5 cm³/mol. The monoisotopic (exact) mass is 307 g/mol. The van der Waals surface area contributed by atoms with Crippen LogP contribution in [0.2, 0.25) is 0 Å². The zero-order valence-electron chi connectivity index (χ0n) is 13.1. The molecule has 0 spiro atoms. The Hall–Kier alpha value is -2.88. The Kier molecular flexibility index (Phi) is 3.98. The SMILES string of the molecule is Cc1ccccc1CN(C)C(=O)c1cc(=O)c2ccccc2o1. The molecule has 0 aliphatic carbocycles. The van der Waals surface area contributed by atoms with Crippen molar-refractivity contribution in [2.45, 2.75) is 13.5 Å². The number of para-hydroxylation sites is 1. The molecular formula is C19H17NO3. The van der Waals surface area contributed by atoms with Crippen LogP contribution in [-0.2, 0) is 6.54 Å². The van der Waals surface area contributed by atoms with Gasteiger partial charge in [-0.15, -0.1) is 0 Å². The standard InChI is InChI=1S/C19H17NO3/c1-13-7-3-4-8-14(13)12-20(2)19(22)18-11-16(21)15-9-5-6-10-17(15)23-18/h3-11H,12H2,1-2H3. The highest BCUT2D eigenvalue weighted by Crippen LogP contribution is 2.15. The Bertz CT molecular complexity index is 927. The van der Waals surface area contributed by atoms with E-state index in [2.05, 4.69) is 0 Å². The maximum atomic E-state index is 12.5. The number of hydrogen-bond donors (Lipinski definition) is 0. The number of fused-ring (bicyclic) bond motifs is 1. The minimum Gasteiger partial charge on any atom is -0.451 e.